The van der Waals surface area contributed by atoms with E-state index in [0.717, 1.165) is 29.4 Å². The minimum absolute atomic E-state index is 0.1000. The molecule has 4 heteroatoms. The Morgan fingerprint density at radius 3 is 2.94 bits per heavy atom. The molecule has 0 bridgehead atoms. The molecule has 1 aliphatic carbocycles. The van der Waals surface area contributed by atoms with Crippen molar-refractivity contribution < 1.29 is 19.1 Å². The summed E-state index contributed by atoms with van der Waals surface area (Å²) in [6.07, 6.45) is 4.19. The van der Waals surface area contributed by atoms with Crippen LogP contribution < -0.4 is 4.74 Å². The quantitative estimate of drug-likeness (QED) is 0.600. The number of carbonyl (C=O) groups excluding carboxylic acids is 2. The first kappa shape index (κ1) is 12.4. The largest absolute Gasteiger partial charge is 0.482 e. The van der Waals surface area contributed by atoms with Crippen LogP contribution in [0.2, 0.25) is 0 Å². The second-order valence-corrected chi connectivity index (χ2v) is 4.03. The number of carbonyl (C=O) groups is 2. The summed E-state index contributed by atoms with van der Waals surface area (Å²) in [5.41, 5.74) is 2.80. The van der Waals surface area contributed by atoms with Crippen molar-refractivity contribution in [1.82, 2.24) is 0 Å². The average molecular weight is 246 g/mol. The third-order valence-electron chi connectivity index (χ3n) is 2.90. The van der Waals surface area contributed by atoms with E-state index in [1.165, 1.54) is 7.11 Å². The monoisotopic (exact) mass is 246 g/mol. The van der Waals surface area contributed by atoms with Gasteiger partial charge in [0.2, 0.25) is 0 Å². The van der Waals surface area contributed by atoms with Crippen molar-refractivity contribution >= 4 is 18.3 Å². The molecule has 18 heavy (non-hydrogen) atoms. The summed E-state index contributed by atoms with van der Waals surface area (Å²) in [6, 6.07) is 5.60. The fourth-order valence-corrected chi connectivity index (χ4v) is 1.95. The van der Waals surface area contributed by atoms with Gasteiger partial charge in [0.1, 0.15) is 12.0 Å². The minimum Gasteiger partial charge on any atom is -0.482 e. The smallest absolute Gasteiger partial charge is 0.343 e. The van der Waals surface area contributed by atoms with Crippen molar-refractivity contribution in [2.24, 2.45) is 0 Å². The lowest BCUT2D eigenvalue weighted by Gasteiger charge is -2.17. The number of benzene rings is 1. The third-order valence-corrected chi connectivity index (χ3v) is 2.90. The third kappa shape index (κ3) is 2.59. The van der Waals surface area contributed by atoms with Gasteiger partial charge in [-0.25, -0.2) is 4.79 Å². The molecule has 0 radical (unpaired) electrons. The Labute approximate surface area is 105 Å². The molecular formula is C14H14O4. The Bertz CT molecular complexity index is 503. The molecule has 0 spiro atoms. The predicted molar refractivity (Wildman–Crippen MR) is 66.3 cm³/mol. The number of allylic oxidation sites excluding steroid dienone is 1. The Hall–Kier alpha value is -2.10. The summed E-state index contributed by atoms with van der Waals surface area (Å²) < 4.78 is 9.96. The van der Waals surface area contributed by atoms with Gasteiger partial charge in [-0.3, -0.25) is 4.79 Å². The van der Waals surface area contributed by atoms with Crippen LogP contribution in [0.25, 0.3) is 6.08 Å². The van der Waals surface area contributed by atoms with Gasteiger partial charge in [0.15, 0.2) is 6.61 Å². The van der Waals surface area contributed by atoms with E-state index in [-0.39, 0.29) is 6.61 Å². The molecule has 0 saturated heterocycles. The summed E-state index contributed by atoms with van der Waals surface area (Å²) in [5.74, 6) is 0.270. The Balaban J connectivity index is 2.21. The lowest BCUT2D eigenvalue weighted by atomic mass is 9.92. The molecule has 94 valence electrons. The van der Waals surface area contributed by atoms with Crippen LogP contribution in [0.3, 0.4) is 0 Å². The highest BCUT2D eigenvalue weighted by molar-refractivity contribution is 5.84. The maximum absolute atomic E-state index is 11.0. The molecule has 0 amide bonds. The van der Waals surface area contributed by atoms with Crippen LogP contribution in [0, 0.1) is 0 Å². The van der Waals surface area contributed by atoms with Gasteiger partial charge in [-0.2, -0.15) is 0 Å². The van der Waals surface area contributed by atoms with E-state index in [4.69, 9.17) is 4.74 Å². The summed E-state index contributed by atoms with van der Waals surface area (Å²) in [7, 11) is 1.32. The summed E-state index contributed by atoms with van der Waals surface area (Å²) in [5, 5.41) is 0. The van der Waals surface area contributed by atoms with Crippen molar-refractivity contribution in [2.45, 2.75) is 12.8 Å². The van der Waals surface area contributed by atoms with Gasteiger partial charge in [0, 0.05) is 5.56 Å². The molecule has 2 rings (SSSR count). The maximum atomic E-state index is 11.0. The summed E-state index contributed by atoms with van der Waals surface area (Å²) in [6.45, 7) is -0.1000. The second-order valence-electron chi connectivity index (χ2n) is 4.03. The van der Waals surface area contributed by atoms with Crippen LogP contribution in [-0.2, 0) is 20.7 Å². The zero-order valence-electron chi connectivity index (χ0n) is 10.1. The van der Waals surface area contributed by atoms with Gasteiger partial charge in [0.25, 0.3) is 0 Å². The fraction of sp³-hybridized carbons (Fsp3) is 0.286. The maximum Gasteiger partial charge on any atom is 0.343 e. The van der Waals surface area contributed by atoms with Crippen LogP contribution >= 0.6 is 0 Å². The standard InChI is InChI=1S/C14H14O4/c1-17-14(16)9-18-13-4-2-3-11-7-10(8-15)5-6-12(11)13/h2-4,7-8H,5-6,9H2,1H3. The lowest BCUT2D eigenvalue weighted by Crippen LogP contribution is -2.14. The van der Waals surface area contributed by atoms with E-state index in [0.29, 0.717) is 12.2 Å². The summed E-state index contributed by atoms with van der Waals surface area (Å²) >= 11 is 0. The van der Waals surface area contributed by atoms with Gasteiger partial charge >= 0.3 is 5.97 Å². The Morgan fingerprint density at radius 1 is 1.39 bits per heavy atom. The molecular weight excluding hydrogens is 232 g/mol. The van der Waals surface area contributed by atoms with Crippen molar-refractivity contribution in [3.05, 3.63) is 34.9 Å². The van der Waals surface area contributed by atoms with Crippen LogP contribution in [0.1, 0.15) is 17.5 Å². The highest BCUT2D eigenvalue weighted by Crippen LogP contribution is 2.30. The van der Waals surface area contributed by atoms with E-state index in [9.17, 15) is 9.59 Å². The fourth-order valence-electron chi connectivity index (χ4n) is 1.95. The number of rotatable bonds is 4. The Kier molecular flexibility index (Phi) is 3.77. The van der Waals surface area contributed by atoms with Crippen LogP contribution in [0.15, 0.2) is 23.8 Å². The predicted octanol–water partition coefficient (Wildman–Crippen LogP) is 1.77. The number of ether oxygens (including phenoxy) is 2. The second kappa shape index (κ2) is 5.49. The van der Waals surface area contributed by atoms with E-state index in [1.807, 2.05) is 24.3 Å². The van der Waals surface area contributed by atoms with Gasteiger partial charge in [0.05, 0.1) is 7.11 Å². The van der Waals surface area contributed by atoms with Gasteiger partial charge in [-0.15, -0.1) is 0 Å². The van der Waals surface area contributed by atoms with E-state index in [2.05, 4.69) is 4.74 Å². The molecule has 0 aromatic heterocycles. The minimum atomic E-state index is -0.410. The zero-order chi connectivity index (χ0) is 13.0. The highest BCUT2D eigenvalue weighted by atomic mass is 16.6. The zero-order valence-corrected chi connectivity index (χ0v) is 10.1. The molecule has 4 nitrogen and oxygen atoms in total. The van der Waals surface area contributed by atoms with Crippen LogP contribution in [0.4, 0.5) is 0 Å². The number of aldehydes is 1. The first-order valence-corrected chi connectivity index (χ1v) is 5.72. The SMILES string of the molecule is COC(=O)COc1cccc2c1CCC(C=O)=C2. The normalized spacial score (nSPS) is 13.3. The molecule has 0 aliphatic heterocycles. The van der Waals surface area contributed by atoms with Crippen LogP contribution in [-0.4, -0.2) is 26.0 Å². The van der Waals surface area contributed by atoms with Crippen molar-refractivity contribution in [3.8, 4) is 5.75 Å². The van der Waals surface area contributed by atoms with Crippen molar-refractivity contribution in [2.75, 3.05) is 13.7 Å². The lowest BCUT2D eigenvalue weighted by molar-refractivity contribution is -0.142. The molecule has 0 unspecified atom stereocenters. The molecule has 1 aromatic carbocycles. The molecule has 1 aliphatic rings. The number of esters is 1. The number of hydrogen-bond acceptors (Lipinski definition) is 4. The van der Waals surface area contributed by atoms with Crippen LogP contribution in [0.5, 0.6) is 5.75 Å². The van der Waals surface area contributed by atoms with Crippen molar-refractivity contribution in [1.29, 1.82) is 0 Å². The first-order valence-electron chi connectivity index (χ1n) is 5.72. The molecule has 1 aromatic rings. The van der Waals surface area contributed by atoms with E-state index < -0.39 is 5.97 Å². The number of methoxy groups -OCH3 is 1. The van der Waals surface area contributed by atoms with Crippen molar-refractivity contribution in [3.63, 3.8) is 0 Å². The average Bonchev–Trinajstić information content (AvgIpc) is 2.43. The number of fused-ring (bicyclic) bond motifs is 1. The molecule has 0 saturated carbocycles. The molecule has 0 atom stereocenters. The highest BCUT2D eigenvalue weighted by Gasteiger charge is 2.15. The van der Waals surface area contributed by atoms with Gasteiger partial charge in [-0.05, 0) is 36.1 Å². The van der Waals surface area contributed by atoms with E-state index >= 15 is 0 Å². The molecule has 0 heterocycles. The molecule has 0 fully saturated rings. The van der Waals surface area contributed by atoms with Gasteiger partial charge < -0.3 is 9.47 Å². The summed E-state index contributed by atoms with van der Waals surface area (Å²) in [4.78, 5) is 21.8. The Morgan fingerprint density at radius 2 is 2.22 bits per heavy atom. The number of hydrogen-bond donors (Lipinski definition) is 0. The first-order chi connectivity index (χ1) is 8.74. The van der Waals surface area contributed by atoms with E-state index in [1.54, 1.807) is 0 Å². The molecule has 0 N–H and O–H groups in total. The van der Waals surface area contributed by atoms with Gasteiger partial charge in [-0.1, -0.05) is 12.1 Å². The topological polar surface area (TPSA) is 52.6 Å².